The lowest BCUT2D eigenvalue weighted by atomic mass is 10.2. The van der Waals surface area contributed by atoms with Crippen LogP contribution >= 0.6 is 15.9 Å². The molecule has 7 nitrogen and oxygen atoms in total. The lowest BCUT2D eigenvalue weighted by Gasteiger charge is -2.01. The largest absolute Gasteiger partial charge is 0.373 e. The summed E-state index contributed by atoms with van der Waals surface area (Å²) in [6.45, 7) is 1.94. The highest BCUT2D eigenvalue weighted by atomic mass is 79.9. The van der Waals surface area contributed by atoms with Crippen LogP contribution in [0.2, 0.25) is 0 Å². The van der Waals surface area contributed by atoms with Crippen LogP contribution < -0.4 is 11.3 Å². The number of fused-ring (bicyclic) bond motifs is 1. The Kier molecular flexibility index (Phi) is 8.21. The number of H-pyrrole nitrogens is 1. The standard InChI is InChI=1S/C8H5BrN2O.C7H10N2.CO2/c9-5-1-2-7-6(3-5)8(12)11-4-10-7;1-6(8)7-3-2-4-9-5-7;2-1-3/h1-4H,(H,10,11,12);2-6H,8H2,1H3;. The van der Waals surface area contributed by atoms with E-state index in [1.54, 1.807) is 24.5 Å². The molecule has 0 spiro atoms. The van der Waals surface area contributed by atoms with Crippen molar-refractivity contribution < 1.29 is 9.59 Å². The molecule has 0 saturated carbocycles. The van der Waals surface area contributed by atoms with Gasteiger partial charge in [0.15, 0.2) is 0 Å². The van der Waals surface area contributed by atoms with Gasteiger partial charge >= 0.3 is 6.15 Å². The molecule has 3 aromatic rings. The molecule has 8 heteroatoms. The first-order chi connectivity index (χ1) is 11.5. The van der Waals surface area contributed by atoms with Crippen LogP contribution in [-0.4, -0.2) is 21.1 Å². The number of nitrogens with two attached hydrogens (primary N) is 1. The van der Waals surface area contributed by atoms with Gasteiger partial charge in [0.1, 0.15) is 0 Å². The molecule has 124 valence electrons. The van der Waals surface area contributed by atoms with Crippen LogP contribution in [0.3, 0.4) is 0 Å². The Morgan fingerprint density at radius 1 is 1.29 bits per heavy atom. The number of nitrogens with one attached hydrogen (secondary N) is 1. The van der Waals surface area contributed by atoms with Crippen molar-refractivity contribution in [3.05, 3.63) is 69.4 Å². The molecule has 1 unspecified atom stereocenters. The second kappa shape index (κ2) is 10.2. The molecule has 2 aromatic heterocycles. The highest BCUT2D eigenvalue weighted by Gasteiger charge is 1.98. The number of hydrogen-bond donors (Lipinski definition) is 2. The van der Waals surface area contributed by atoms with E-state index in [9.17, 15) is 4.79 Å². The number of carbonyl (C=O) groups excluding carboxylic acids is 2. The summed E-state index contributed by atoms with van der Waals surface area (Å²) in [5, 5.41) is 0.604. The number of rotatable bonds is 1. The van der Waals surface area contributed by atoms with Crippen molar-refractivity contribution in [3.8, 4) is 0 Å². The summed E-state index contributed by atoms with van der Waals surface area (Å²) in [5.41, 5.74) is 7.25. The molecular weight excluding hydrogens is 376 g/mol. The predicted molar refractivity (Wildman–Crippen MR) is 91.9 cm³/mol. The van der Waals surface area contributed by atoms with Gasteiger partial charge in [0.25, 0.3) is 5.56 Å². The number of hydrogen-bond acceptors (Lipinski definition) is 6. The third-order valence-corrected chi connectivity index (χ3v) is 3.31. The van der Waals surface area contributed by atoms with Gasteiger partial charge in [0, 0.05) is 22.9 Å². The van der Waals surface area contributed by atoms with Crippen LogP contribution in [0.25, 0.3) is 10.9 Å². The molecule has 0 aliphatic heterocycles. The van der Waals surface area contributed by atoms with E-state index in [2.05, 4.69) is 30.9 Å². The van der Waals surface area contributed by atoms with Crippen LogP contribution in [0.15, 0.2) is 58.3 Å². The molecule has 3 N–H and O–H groups in total. The van der Waals surface area contributed by atoms with Crippen molar-refractivity contribution in [1.82, 2.24) is 15.0 Å². The van der Waals surface area contributed by atoms with Gasteiger partial charge in [0.05, 0.1) is 17.2 Å². The Morgan fingerprint density at radius 3 is 2.54 bits per heavy atom. The molecule has 0 saturated heterocycles. The fourth-order valence-corrected chi connectivity index (χ4v) is 2.05. The van der Waals surface area contributed by atoms with Gasteiger partial charge < -0.3 is 10.7 Å². The number of pyridine rings is 1. The van der Waals surface area contributed by atoms with Crippen molar-refractivity contribution in [1.29, 1.82) is 0 Å². The molecular formula is C16H15BrN4O3. The average Bonchev–Trinajstić information content (AvgIpc) is 2.58. The lowest BCUT2D eigenvalue weighted by molar-refractivity contribution is -0.191. The maximum absolute atomic E-state index is 11.2. The first kappa shape index (κ1) is 19.4. The Labute approximate surface area is 146 Å². The molecule has 2 heterocycles. The van der Waals surface area contributed by atoms with Crippen LogP contribution in [0.5, 0.6) is 0 Å². The highest BCUT2D eigenvalue weighted by molar-refractivity contribution is 9.10. The molecule has 0 fully saturated rings. The zero-order valence-electron chi connectivity index (χ0n) is 12.8. The fraction of sp³-hybridized carbons (Fsp3) is 0.125. The highest BCUT2D eigenvalue weighted by Crippen LogP contribution is 2.13. The molecule has 0 bridgehead atoms. The van der Waals surface area contributed by atoms with Gasteiger partial charge in [-0.05, 0) is 36.8 Å². The quantitative estimate of drug-likeness (QED) is 0.657. The van der Waals surface area contributed by atoms with E-state index in [0.29, 0.717) is 10.9 Å². The molecule has 1 atom stereocenters. The third kappa shape index (κ3) is 6.21. The minimum atomic E-state index is -0.110. The molecule has 0 amide bonds. The second-order valence-electron chi connectivity index (χ2n) is 4.55. The topological polar surface area (TPSA) is 119 Å². The number of aromatic amines is 1. The van der Waals surface area contributed by atoms with Crippen molar-refractivity contribution in [3.63, 3.8) is 0 Å². The zero-order valence-corrected chi connectivity index (χ0v) is 14.4. The van der Waals surface area contributed by atoms with Gasteiger partial charge in [-0.25, -0.2) is 4.98 Å². The summed E-state index contributed by atoms with van der Waals surface area (Å²) in [6, 6.07) is 9.36. The summed E-state index contributed by atoms with van der Waals surface area (Å²) in [4.78, 5) is 37.9. The van der Waals surface area contributed by atoms with E-state index in [1.807, 2.05) is 25.1 Å². The van der Waals surface area contributed by atoms with E-state index in [1.165, 1.54) is 6.33 Å². The van der Waals surface area contributed by atoms with Crippen LogP contribution in [-0.2, 0) is 9.59 Å². The van der Waals surface area contributed by atoms with E-state index < -0.39 is 0 Å². The van der Waals surface area contributed by atoms with Crippen molar-refractivity contribution in [2.75, 3.05) is 0 Å². The SMILES string of the molecule is CC(N)c1cccnc1.O=C=O.O=c1[nH]cnc2ccc(Br)cc12. The van der Waals surface area contributed by atoms with Gasteiger partial charge in [-0.15, -0.1) is 0 Å². The summed E-state index contributed by atoms with van der Waals surface area (Å²) >= 11 is 3.29. The Balaban J connectivity index is 0.000000213. The molecule has 0 aliphatic carbocycles. The summed E-state index contributed by atoms with van der Waals surface area (Å²) in [5.74, 6) is 0. The Morgan fingerprint density at radius 2 is 2.00 bits per heavy atom. The first-order valence-corrected chi connectivity index (χ1v) is 7.56. The minimum absolute atomic E-state index is 0.0960. The van der Waals surface area contributed by atoms with Gasteiger partial charge in [-0.1, -0.05) is 22.0 Å². The number of halogens is 1. The Bertz CT molecular complexity index is 860. The Hall–Kier alpha value is -2.67. The molecule has 3 rings (SSSR count). The number of benzene rings is 1. The van der Waals surface area contributed by atoms with Crippen molar-refractivity contribution in [2.24, 2.45) is 5.73 Å². The first-order valence-electron chi connectivity index (χ1n) is 6.77. The predicted octanol–water partition coefficient (Wildman–Crippen LogP) is 2.20. The van der Waals surface area contributed by atoms with Crippen molar-refractivity contribution >= 4 is 33.0 Å². The van der Waals surface area contributed by atoms with E-state index in [4.69, 9.17) is 15.3 Å². The fourth-order valence-electron chi connectivity index (χ4n) is 1.69. The normalized spacial score (nSPS) is 10.5. The van der Waals surface area contributed by atoms with E-state index in [-0.39, 0.29) is 17.8 Å². The van der Waals surface area contributed by atoms with Gasteiger partial charge in [-0.3, -0.25) is 9.78 Å². The maximum atomic E-state index is 11.2. The van der Waals surface area contributed by atoms with E-state index in [0.717, 1.165) is 10.0 Å². The number of aromatic nitrogens is 3. The monoisotopic (exact) mass is 390 g/mol. The second-order valence-corrected chi connectivity index (χ2v) is 5.47. The molecule has 0 radical (unpaired) electrons. The smallest absolute Gasteiger partial charge is 0.324 e. The van der Waals surface area contributed by atoms with Crippen LogP contribution in [0.4, 0.5) is 0 Å². The number of nitrogens with zero attached hydrogens (tertiary/aromatic N) is 2. The zero-order chi connectivity index (χ0) is 17.9. The average molecular weight is 391 g/mol. The summed E-state index contributed by atoms with van der Waals surface area (Å²) in [6.07, 6.45) is 5.18. The minimum Gasteiger partial charge on any atom is -0.324 e. The van der Waals surface area contributed by atoms with Crippen LogP contribution in [0, 0.1) is 0 Å². The third-order valence-electron chi connectivity index (χ3n) is 2.81. The van der Waals surface area contributed by atoms with E-state index >= 15 is 0 Å². The summed E-state index contributed by atoms with van der Waals surface area (Å²) in [7, 11) is 0. The molecule has 24 heavy (non-hydrogen) atoms. The lowest BCUT2D eigenvalue weighted by Crippen LogP contribution is -2.05. The van der Waals surface area contributed by atoms with Crippen LogP contribution in [0.1, 0.15) is 18.5 Å². The molecule has 1 aromatic carbocycles. The summed E-state index contributed by atoms with van der Waals surface area (Å²) < 4.78 is 0.883. The molecule has 0 aliphatic rings. The van der Waals surface area contributed by atoms with Gasteiger partial charge in [-0.2, -0.15) is 9.59 Å². The van der Waals surface area contributed by atoms with Crippen molar-refractivity contribution in [2.45, 2.75) is 13.0 Å². The van der Waals surface area contributed by atoms with Gasteiger partial charge in [0.2, 0.25) is 0 Å². The maximum Gasteiger partial charge on any atom is 0.373 e.